The molecule has 1 rings (SSSR count). The number of hydrogen-bond acceptors (Lipinski definition) is 3. The molecule has 2 unspecified atom stereocenters. The van der Waals surface area contributed by atoms with Gasteiger partial charge in [-0.1, -0.05) is 0 Å². The van der Waals surface area contributed by atoms with Gasteiger partial charge in [0.15, 0.2) is 0 Å². The van der Waals surface area contributed by atoms with Crippen molar-refractivity contribution in [1.29, 1.82) is 0 Å². The van der Waals surface area contributed by atoms with Gasteiger partial charge in [0.25, 0.3) is 0 Å². The lowest BCUT2D eigenvalue weighted by molar-refractivity contribution is -0.119. The largest absolute Gasteiger partial charge is 0.353 e. The lowest BCUT2D eigenvalue weighted by atomic mass is 10.1. The van der Waals surface area contributed by atoms with Crippen molar-refractivity contribution in [2.75, 3.05) is 25.1 Å². The molecule has 1 amide bonds. The molecule has 1 heterocycles. The SMILES string of the molecule is CS(=O)CC(=O)NC1CCCNCC1. The van der Waals surface area contributed by atoms with Crippen LogP contribution < -0.4 is 10.6 Å². The maximum absolute atomic E-state index is 11.3. The fraction of sp³-hybridized carbons (Fsp3) is 0.889. The van der Waals surface area contributed by atoms with Crippen LogP contribution in [0.3, 0.4) is 0 Å². The molecular formula is C9H18N2O2S. The van der Waals surface area contributed by atoms with Gasteiger partial charge in [-0.05, 0) is 32.4 Å². The van der Waals surface area contributed by atoms with E-state index < -0.39 is 10.8 Å². The van der Waals surface area contributed by atoms with E-state index in [2.05, 4.69) is 10.6 Å². The molecule has 4 nitrogen and oxygen atoms in total. The molecule has 0 aliphatic carbocycles. The second-order valence-corrected chi connectivity index (χ2v) is 5.10. The molecule has 82 valence electrons. The summed E-state index contributed by atoms with van der Waals surface area (Å²) >= 11 is 0. The summed E-state index contributed by atoms with van der Waals surface area (Å²) in [6, 6.07) is 0.265. The minimum absolute atomic E-state index is 0.0854. The first-order valence-corrected chi connectivity index (χ1v) is 6.71. The van der Waals surface area contributed by atoms with Crippen molar-refractivity contribution in [2.24, 2.45) is 0 Å². The van der Waals surface area contributed by atoms with Crippen LogP contribution in [-0.4, -0.2) is 41.3 Å². The van der Waals surface area contributed by atoms with Crippen LogP contribution in [0.2, 0.25) is 0 Å². The van der Waals surface area contributed by atoms with Gasteiger partial charge >= 0.3 is 0 Å². The molecule has 0 bridgehead atoms. The summed E-state index contributed by atoms with van der Waals surface area (Å²) in [4.78, 5) is 11.3. The molecule has 0 spiro atoms. The second-order valence-electron chi connectivity index (χ2n) is 3.66. The first kappa shape index (κ1) is 11.7. The summed E-state index contributed by atoms with van der Waals surface area (Å²) in [5.41, 5.74) is 0. The molecule has 14 heavy (non-hydrogen) atoms. The maximum Gasteiger partial charge on any atom is 0.232 e. The highest BCUT2D eigenvalue weighted by molar-refractivity contribution is 7.85. The molecular weight excluding hydrogens is 200 g/mol. The minimum Gasteiger partial charge on any atom is -0.353 e. The Balaban J connectivity index is 2.27. The van der Waals surface area contributed by atoms with Crippen molar-refractivity contribution in [1.82, 2.24) is 10.6 Å². The summed E-state index contributed by atoms with van der Waals surface area (Å²) in [6.45, 7) is 1.99. The van der Waals surface area contributed by atoms with Crippen LogP contribution in [-0.2, 0) is 15.6 Å². The van der Waals surface area contributed by atoms with Crippen molar-refractivity contribution in [3.8, 4) is 0 Å². The Labute approximate surface area is 87.3 Å². The van der Waals surface area contributed by atoms with Gasteiger partial charge in [-0.3, -0.25) is 9.00 Å². The third-order valence-corrected chi connectivity index (χ3v) is 2.94. The molecule has 1 aliphatic heterocycles. The van der Waals surface area contributed by atoms with Gasteiger partial charge in [0.05, 0.1) is 0 Å². The van der Waals surface area contributed by atoms with Crippen molar-refractivity contribution in [3.63, 3.8) is 0 Å². The monoisotopic (exact) mass is 218 g/mol. The molecule has 2 N–H and O–H groups in total. The Bertz CT molecular complexity index is 213. The second kappa shape index (κ2) is 6.14. The van der Waals surface area contributed by atoms with Crippen LogP contribution >= 0.6 is 0 Å². The Morgan fingerprint density at radius 2 is 2.29 bits per heavy atom. The highest BCUT2D eigenvalue weighted by Gasteiger charge is 2.14. The predicted molar refractivity (Wildman–Crippen MR) is 57.6 cm³/mol. The summed E-state index contributed by atoms with van der Waals surface area (Å²) in [6.07, 6.45) is 4.64. The number of nitrogens with one attached hydrogen (secondary N) is 2. The summed E-state index contributed by atoms with van der Waals surface area (Å²) in [5, 5.41) is 6.20. The van der Waals surface area contributed by atoms with Crippen LogP contribution in [0.25, 0.3) is 0 Å². The van der Waals surface area contributed by atoms with Crippen molar-refractivity contribution in [3.05, 3.63) is 0 Å². The fourth-order valence-corrected chi connectivity index (χ4v) is 2.07. The number of hydrogen-bond donors (Lipinski definition) is 2. The van der Waals surface area contributed by atoms with Gasteiger partial charge in [-0.25, -0.2) is 0 Å². The van der Waals surface area contributed by atoms with Gasteiger partial charge < -0.3 is 10.6 Å². The Hall–Kier alpha value is -0.420. The van der Waals surface area contributed by atoms with Crippen molar-refractivity contribution < 1.29 is 9.00 Å². The molecule has 2 atom stereocenters. The van der Waals surface area contributed by atoms with Crippen molar-refractivity contribution in [2.45, 2.75) is 25.3 Å². The zero-order chi connectivity index (χ0) is 10.4. The average molecular weight is 218 g/mol. The van der Waals surface area contributed by atoms with Crippen LogP contribution in [0.5, 0.6) is 0 Å². The summed E-state index contributed by atoms with van der Waals surface area (Å²) in [7, 11) is -1.03. The van der Waals surface area contributed by atoms with Gasteiger partial charge in [0, 0.05) is 23.1 Å². The Morgan fingerprint density at radius 1 is 1.50 bits per heavy atom. The molecule has 1 aliphatic rings. The Kier molecular flexibility index (Phi) is 5.11. The highest BCUT2D eigenvalue weighted by Crippen LogP contribution is 2.04. The van der Waals surface area contributed by atoms with Gasteiger partial charge in [0.2, 0.25) is 5.91 Å². The number of amides is 1. The topological polar surface area (TPSA) is 58.2 Å². The number of carbonyl (C=O) groups is 1. The van der Waals surface area contributed by atoms with E-state index in [1.54, 1.807) is 6.26 Å². The van der Waals surface area contributed by atoms with Crippen LogP contribution in [0.15, 0.2) is 0 Å². The zero-order valence-corrected chi connectivity index (χ0v) is 9.36. The van der Waals surface area contributed by atoms with E-state index in [9.17, 15) is 9.00 Å². The van der Waals surface area contributed by atoms with Gasteiger partial charge in [0.1, 0.15) is 5.75 Å². The predicted octanol–water partition coefficient (Wildman–Crippen LogP) is -0.377. The number of rotatable bonds is 3. The molecule has 0 aromatic heterocycles. The molecule has 5 heteroatoms. The lowest BCUT2D eigenvalue weighted by Gasteiger charge is -2.15. The smallest absolute Gasteiger partial charge is 0.232 e. The van der Waals surface area contributed by atoms with Crippen LogP contribution in [0, 0.1) is 0 Å². The van der Waals surface area contributed by atoms with E-state index in [1.165, 1.54) is 0 Å². The molecule has 0 aromatic rings. The normalized spacial score (nSPS) is 25.1. The lowest BCUT2D eigenvalue weighted by Crippen LogP contribution is -2.37. The standard InChI is InChI=1S/C9H18N2O2S/c1-14(13)7-9(12)11-8-3-2-5-10-6-4-8/h8,10H,2-7H2,1H3,(H,11,12). The Morgan fingerprint density at radius 3 is 3.00 bits per heavy atom. The van der Waals surface area contributed by atoms with E-state index in [1.807, 2.05) is 0 Å². The van der Waals surface area contributed by atoms with E-state index in [-0.39, 0.29) is 17.7 Å². The molecule has 1 fully saturated rings. The van der Waals surface area contributed by atoms with Gasteiger partial charge in [-0.15, -0.1) is 0 Å². The maximum atomic E-state index is 11.3. The van der Waals surface area contributed by atoms with Crippen molar-refractivity contribution >= 4 is 16.7 Å². The van der Waals surface area contributed by atoms with E-state index in [0.29, 0.717) is 0 Å². The number of carbonyl (C=O) groups excluding carboxylic acids is 1. The molecule has 0 aromatic carbocycles. The molecule has 0 radical (unpaired) electrons. The third kappa shape index (κ3) is 4.72. The first-order valence-electron chi connectivity index (χ1n) is 4.98. The molecule has 1 saturated heterocycles. The third-order valence-electron chi connectivity index (χ3n) is 2.28. The van der Waals surface area contributed by atoms with Gasteiger partial charge in [-0.2, -0.15) is 0 Å². The minimum atomic E-state index is -1.03. The van der Waals surface area contributed by atoms with E-state index >= 15 is 0 Å². The first-order chi connectivity index (χ1) is 6.68. The quantitative estimate of drug-likeness (QED) is 0.679. The van der Waals surface area contributed by atoms with Crippen LogP contribution in [0.4, 0.5) is 0 Å². The van der Waals surface area contributed by atoms with E-state index in [0.717, 1.165) is 32.4 Å². The van der Waals surface area contributed by atoms with Crippen LogP contribution in [0.1, 0.15) is 19.3 Å². The summed E-state index contributed by atoms with van der Waals surface area (Å²) < 4.78 is 10.8. The average Bonchev–Trinajstić information content (AvgIpc) is 2.31. The fourth-order valence-electron chi connectivity index (χ4n) is 1.62. The highest BCUT2D eigenvalue weighted by atomic mass is 32.2. The van der Waals surface area contributed by atoms with E-state index in [4.69, 9.17) is 0 Å². The molecule has 0 saturated carbocycles. The zero-order valence-electron chi connectivity index (χ0n) is 8.54. The summed E-state index contributed by atoms with van der Waals surface area (Å²) in [5.74, 6) is 0.0435.